The van der Waals surface area contributed by atoms with Crippen molar-refractivity contribution < 1.29 is 13.2 Å². The lowest BCUT2D eigenvalue weighted by Crippen LogP contribution is -2.04. The average molecular weight is 299 g/mol. The summed E-state index contributed by atoms with van der Waals surface area (Å²) in [5.41, 5.74) is -0.598. The fraction of sp³-hybridized carbons (Fsp3) is 0.400. The van der Waals surface area contributed by atoms with E-state index in [0.717, 1.165) is 22.8 Å². The molecular weight excluding hydrogens is 289 g/mol. The summed E-state index contributed by atoms with van der Waals surface area (Å²) in [6.45, 7) is 2.00. The molecule has 1 atom stereocenters. The van der Waals surface area contributed by atoms with Crippen LogP contribution in [0.2, 0.25) is 0 Å². The van der Waals surface area contributed by atoms with Crippen LogP contribution in [0.15, 0.2) is 29.2 Å². The van der Waals surface area contributed by atoms with Crippen LogP contribution in [0.1, 0.15) is 12.5 Å². The summed E-state index contributed by atoms with van der Waals surface area (Å²) >= 11 is 4.91. The Balaban J connectivity index is 2.65. The van der Waals surface area contributed by atoms with Gasteiger partial charge in [-0.2, -0.15) is 13.2 Å². The minimum atomic E-state index is -4.24. The van der Waals surface area contributed by atoms with Gasteiger partial charge < -0.3 is 0 Å². The number of alkyl halides is 4. The van der Waals surface area contributed by atoms with E-state index in [-0.39, 0.29) is 0 Å². The summed E-state index contributed by atoms with van der Waals surface area (Å²) in [4.78, 5) is 1.21. The Morgan fingerprint density at radius 3 is 2.20 bits per heavy atom. The van der Waals surface area contributed by atoms with E-state index in [1.807, 2.05) is 6.92 Å². The van der Waals surface area contributed by atoms with Crippen LogP contribution in [0.4, 0.5) is 13.2 Å². The molecule has 0 aromatic heterocycles. The van der Waals surface area contributed by atoms with Crippen LogP contribution in [-0.2, 0) is 6.18 Å². The monoisotopic (exact) mass is 298 g/mol. The third-order valence-corrected chi connectivity index (χ3v) is 3.69. The first-order valence-corrected chi connectivity index (χ1v) is 6.24. The van der Waals surface area contributed by atoms with Gasteiger partial charge in [0.05, 0.1) is 5.56 Å². The molecule has 1 aromatic rings. The summed E-state index contributed by atoms with van der Waals surface area (Å²) in [7, 11) is 0. The Morgan fingerprint density at radius 1 is 1.27 bits per heavy atom. The molecule has 0 aliphatic heterocycles. The van der Waals surface area contributed by atoms with Gasteiger partial charge in [-0.1, -0.05) is 22.9 Å². The van der Waals surface area contributed by atoms with Gasteiger partial charge in [0, 0.05) is 15.5 Å². The quantitative estimate of drug-likeness (QED) is 0.581. The lowest BCUT2D eigenvalue weighted by molar-refractivity contribution is -0.137. The van der Waals surface area contributed by atoms with E-state index in [1.54, 1.807) is 0 Å². The van der Waals surface area contributed by atoms with Gasteiger partial charge in [-0.15, -0.1) is 11.8 Å². The topological polar surface area (TPSA) is 0 Å². The molecule has 1 aromatic carbocycles. The van der Waals surface area contributed by atoms with Gasteiger partial charge in [-0.3, -0.25) is 0 Å². The molecular formula is C10H10BrF3S. The molecule has 1 unspecified atom stereocenters. The lowest BCUT2D eigenvalue weighted by Gasteiger charge is -2.07. The van der Waals surface area contributed by atoms with Gasteiger partial charge in [-0.05, 0) is 24.3 Å². The predicted molar refractivity (Wildman–Crippen MR) is 60.6 cm³/mol. The summed E-state index contributed by atoms with van der Waals surface area (Å²) in [6.07, 6.45) is -4.24. The maximum absolute atomic E-state index is 12.2. The number of thioether (sulfide) groups is 1. The molecule has 0 aliphatic carbocycles. The van der Waals surface area contributed by atoms with E-state index >= 15 is 0 Å². The number of benzene rings is 1. The highest BCUT2D eigenvalue weighted by Gasteiger charge is 2.29. The molecule has 0 nitrogen and oxygen atoms in total. The first-order valence-electron chi connectivity index (χ1n) is 4.33. The SMILES string of the molecule is CC(Br)CSc1ccc(C(F)(F)F)cc1. The van der Waals surface area contributed by atoms with E-state index in [0.29, 0.717) is 4.83 Å². The smallest absolute Gasteiger partial charge is 0.166 e. The average Bonchev–Trinajstić information content (AvgIpc) is 2.14. The molecule has 0 radical (unpaired) electrons. The van der Waals surface area contributed by atoms with Crippen LogP contribution in [0.3, 0.4) is 0 Å². The third-order valence-electron chi connectivity index (χ3n) is 1.66. The maximum Gasteiger partial charge on any atom is 0.416 e. The van der Waals surface area contributed by atoms with Gasteiger partial charge in [-0.25, -0.2) is 0 Å². The highest BCUT2D eigenvalue weighted by molar-refractivity contribution is 9.09. The van der Waals surface area contributed by atoms with Gasteiger partial charge in [0.1, 0.15) is 0 Å². The van der Waals surface area contributed by atoms with E-state index in [1.165, 1.54) is 23.9 Å². The van der Waals surface area contributed by atoms with Gasteiger partial charge >= 0.3 is 6.18 Å². The van der Waals surface area contributed by atoms with Crippen LogP contribution >= 0.6 is 27.7 Å². The van der Waals surface area contributed by atoms with Crippen molar-refractivity contribution in [1.82, 2.24) is 0 Å². The van der Waals surface area contributed by atoms with Crippen molar-refractivity contribution in [2.75, 3.05) is 5.75 Å². The Hall–Kier alpha value is -0.160. The number of rotatable bonds is 3. The van der Waals surface area contributed by atoms with Crippen molar-refractivity contribution in [2.45, 2.75) is 22.8 Å². The van der Waals surface area contributed by atoms with Crippen LogP contribution < -0.4 is 0 Å². The molecule has 1 rings (SSSR count). The van der Waals surface area contributed by atoms with Crippen molar-refractivity contribution >= 4 is 27.7 Å². The van der Waals surface area contributed by atoms with E-state index in [4.69, 9.17) is 0 Å². The number of hydrogen-bond donors (Lipinski definition) is 0. The minimum absolute atomic E-state index is 0.352. The van der Waals surface area contributed by atoms with Crippen molar-refractivity contribution in [3.63, 3.8) is 0 Å². The predicted octanol–water partition coefficient (Wildman–Crippen LogP) is 4.58. The molecule has 0 aliphatic rings. The Bertz CT molecular complexity index is 305. The first-order chi connectivity index (χ1) is 6.89. The molecule has 5 heteroatoms. The van der Waals surface area contributed by atoms with Crippen molar-refractivity contribution in [3.8, 4) is 0 Å². The summed E-state index contributed by atoms with van der Waals surface area (Å²) < 4.78 is 36.7. The highest BCUT2D eigenvalue weighted by atomic mass is 79.9. The fourth-order valence-corrected chi connectivity index (χ4v) is 2.10. The summed E-state index contributed by atoms with van der Waals surface area (Å²) in [6, 6.07) is 5.23. The van der Waals surface area contributed by atoms with E-state index in [9.17, 15) is 13.2 Å². The molecule has 0 saturated carbocycles. The molecule has 0 fully saturated rings. The summed E-state index contributed by atoms with van der Waals surface area (Å²) in [5.74, 6) is 0.839. The summed E-state index contributed by atoms with van der Waals surface area (Å²) in [5, 5.41) is 0. The Morgan fingerprint density at radius 2 is 1.80 bits per heavy atom. The minimum Gasteiger partial charge on any atom is -0.166 e. The van der Waals surface area contributed by atoms with Gasteiger partial charge in [0.25, 0.3) is 0 Å². The highest BCUT2D eigenvalue weighted by Crippen LogP contribution is 2.31. The van der Waals surface area contributed by atoms with Crippen molar-refractivity contribution in [3.05, 3.63) is 29.8 Å². The zero-order valence-electron chi connectivity index (χ0n) is 8.01. The fourth-order valence-electron chi connectivity index (χ4n) is 0.951. The standard InChI is InChI=1S/C10H10BrF3S/c1-7(11)6-15-9-4-2-8(3-5-9)10(12,13)14/h2-5,7H,6H2,1H3. The number of halogens is 4. The van der Waals surface area contributed by atoms with Gasteiger partial charge in [0.2, 0.25) is 0 Å². The van der Waals surface area contributed by atoms with Crippen LogP contribution in [0.5, 0.6) is 0 Å². The third kappa shape index (κ3) is 4.47. The largest absolute Gasteiger partial charge is 0.416 e. The maximum atomic E-state index is 12.2. The molecule has 0 saturated heterocycles. The molecule has 0 spiro atoms. The van der Waals surface area contributed by atoms with Crippen molar-refractivity contribution in [2.24, 2.45) is 0 Å². The Labute approximate surface area is 99.4 Å². The lowest BCUT2D eigenvalue weighted by atomic mass is 10.2. The zero-order chi connectivity index (χ0) is 11.5. The molecule has 0 amide bonds. The van der Waals surface area contributed by atoms with E-state index in [2.05, 4.69) is 15.9 Å². The normalized spacial score (nSPS) is 13.9. The molecule has 0 N–H and O–H groups in total. The zero-order valence-corrected chi connectivity index (χ0v) is 10.4. The van der Waals surface area contributed by atoms with Crippen molar-refractivity contribution in [1.29, 1.82) is 0 Å². The second-order valence-corrected chi connectivity index (χ2v) is 5.77. The molecule has 15 heavy (non-hydrogen) atoms. The first kappa shape index (κ1) is 12.9. The second kappa shape index (κ2) is 5.25. The molecule has 0 heterocycles. The van der Waals surface area contributed by atoms with Crippen LogP contribution in [0, 0.1) is 0 Å². The Kier molecular flexibility index (Phi) is 4.52. The van der Waals surface area contributed by atoms with Gasteiger partial charge in [0.15, 0.2) is 0 Å². The second-order valence-electron chi connectivity index (χ2n) is 3.11. The molecule has 0 bridgehead atoms. The van der Waals surface area contributed by atoms with Crippen LogP contribution in [-0.4, -0.2) is 10.6 Å². The number of hydrogen-bond acceptors (Lipinski definition) is 1. The molecule has 84 valence electrons. The van der Waals surface area contributed by atoms with Crippen LogP contribution in [0.25, 0.3) is 0 Å². The van der Waals surface area contributed by atoms with E-state index < -0.39 is 11.7 Å².